The minimum absolute atomic E-state index is 0.901. The number of halogens is 1. The molecule has 0 unspecified atom stereocenters. The Balaban J connectivity index is 1.87. The average Bonchev–Trinajstić information content (AvgIpc) is 3.03. The fourth-order valence-electron chi connectivity index (χ4n) is 2.65. The van der Waals surface area contributed by atoms with Gasteiger partial charge in [0, 0.05) is 26.4 Å². The molecule has 0 fully saturated rings. The first kappa shape index (κ1) is 14.3. The lowest BCUT2D eigenvalue weighted by Crippen LogP contribution is -1.89. The highest BCUT2D eigenvalue weighted by Gasteiger charge is 2.12. The topological polar surface area (TPSA) is 54.5 Å². The fraction of sp³-hybridized carbons (Fsp3) is 0.0556. The number of aryl methyl sites for hydroxylation is 1. The maximum Gasteiger partial charge on any atom is 0.0912 e. The van der Waals surface area contributed by atoms with Gasteiger partial charge in [0.15, 0.2) is 0 Å². The fourth-order valence-corrected chi connectivity index (χ4v) is 3.13. The highest BCUT2D eigenvalue weighted by atomic mass is 127. The number of hydrogen-bond acceptors (Lipinski definition) is 3. The molecule has 0 amide bonds. The van der Waals surface area contributed by atoms with Crippen molar-refractivity contribution in [1.82, 2.24) is 20.2 Å². The number of pyridine rings is 2. The predicted molar refractivity (Wildman–Crippen MR) is 100 cm³/mol. The molecule has 3 heterocycles. The summed E-state index contributed by atoms with van der Waals surface area (Å²) in [4.78, 5) is 9.05. The molecule has 0 aliphatic rings. The van der Waals surface area contributed by atoms with Crippen molar-refractivity contribution in [2.75, 3.05) is 0 Å². The van der Waals surface area contributed by atoms with E-state index in [1.54, 1.807) is 0 Å². The van der Waals surface area contributed by atoms with Crippen LogP contribution in [0.15, 0.2) is 54.9 Å². The largest absolute Gasteiger partial charge is 0.276 e. The van der Waals surface area contributed by atoms with Crippen molar-refractivity contribution in [3.8, 4) is 22.5 Å². The Morgan fingerprint density at radius 2 is 1.96 bits per heavy atom. The number of hydrogen-bond donors (Lipinski definition) is 1. The van der Waals surface area contributed by atoms with Crippen LogP contribution in [0.1, 0.15) is 5.69 Å². The highest BCUT2D eigenvalue weighted by Crippen LogP contribution is 2.31. The number of benzene rings is 1. The van der Waals surface area contributed by atoms with E-state index in [0.29, 0.717) is 0 Å². The second-order valence-electron chi connectivity index (χ2n) is 5.38. The average molecular weight is 412 g/mol. The lowest BCUT2D eigenvalue weighted by Gasteiger charge is -2.06. The second kappa shape index (κ2) is 5.73. The molecule has 0 saturated heterocycles. The Bertz CT molecular complexity index is 1010. The first-order chi connectivity index (χ1) is 11.2. The van der Waals surface area contributed by atoms with Crippen molar-refractivity contribution in [1.29, 1.82) is 0 Å². The molecular weight excluding hydrogens is 399 g/mol. The van der Waals surface area contributed by atoms with E-state index in [4.69, 9.17) is 0 Å². The molecule has 0 bridgehead atoms. The zero-order chi connectivity index (χ0) is 15.8. The monoisotopic (exact) mass is 412 g/mol. The summed E-state index contributed by atoms with van der Waals surface area (Å²) in [5.74, 6) is 0. The van der Waals surface area contributed by atoms with Gasteiger partial charge in [-0.1, -0.05) is 12.1 Å². The molecule has 112 valence electrons. The minimum atomic E-state index is 0.901. The van der Waals surface area contributed by atoms with Crippen molar-refractivity contribution >= 4 is 33.5 Å². The van der Waals surface area contributed by atoms with Crippen LogP contribution in [0.4, 0.5) is 0 Å². The number of fused-ring (bicyclic) bond motifs is 1. The van der Waals surface area contributed by atoms with Gasteiger partial charge in [-0.3, -0.25) is 15.1 Å². The molecule has 0 aliphatic heterocycles. The summed E-state index contributed by atoms with van der Waals surface area (Å²) in [5.41, 5.74) is 5.97. The third-order valence-corrected chi connectivity index (χ3v) is 4.33. The molecule has 3 aromatic heterocycles. The van der Waals surface area contributed by atoms with Crippen LogP contribution >= 0.6 is 22.6 Å². The maximum absolute atomic E-state index is 4.59. The van der Waals surface area contributed by atoms with Gasteiger partial charge in [0.1, 0.15) is 0 Å². The van der Waals surface area contributed by atoms with Crippen molar-refractivity contribution < 1.29 is 0 Å². The van der Waals surface area contributed by atoms with Gasteiger partial charge in [0.25, 0.3) is 0 Å². The minimum Gasteiger partial charge on any atom is -0.276 e. The Morgan fingerprint density at radius 1 is 1.04 bits per heavy atom. The van der Waals surface area contributed by atoms with Gasteiger partial charge in [0.05, 0.1) is 23.1 Å². The summed E-state index contributed by atoms with van der Waals surface area (Å²) < 4.78 is 1.13. The first-order valence-electron chi connectivity index (χ1n) is 7.24. The third kappa shape index (κ3) is 2.72. The number of rotatable bonds is 2. The van der Waals surface area contributed by atoms with Crippen LogP contribution in [0.5, 0.6) is 0 Å². The molecule has 5 heteroatoms. The normalized spacial score (nSPS) is 11.0. The Morgan fingerprint density at radius 3 is 2.83 bits per heavy atom. The van der Waals surface area contributed by atoms with Crippen LogP contribution in [0.2, 0.25) is 0 Å². The molecule has 4 nitrogen and oxygen atoms in total. The number of nitrogens with zero attached hydrogens (tertiary/aromatic N) is 3. The van der Waals surface area contributed by atoms with Gasteiger partial charge >= 0.3 is 0 Å². The molecule has 0 radical (unpaired) electrons. The molecule has 23 heavy (non-hydrogen) atoms. The highest BCUT2D eigenvalue weighted by molar-refractivity contribution is 14.1. The summed E-state index contributed by atoms with van der Waals surface area (Å²) in [6.07, 6.45) is 3.73. The van der Waals surface area contributed by atoms with Crippen molar-refractivity contribution in [2.24, 2.45) is 0 Å². The summed E-state index contributed by atoms with van der Waals surface area (Å²) >= 11 is 2.28. The Labute approximate surface area is 147 Å². The first-order valence-corrected chi connectivity index (χ1v) is 8.32. The predicted octanol–water partition coefficient (Wildman–Crippen LogP) is 4.60. The number of H-pyrrole nitrogens is 1. The van der Waals surface area contributed by atoms with Gasteiger partial charge in [-0.15, -0.1) is 0 Å². The third-order valence-electron chi connectivity index (χ3n) is 3.74. The molecule has 4 aromatic rings. The molecular formula is C18H13IN4. The Kier molecular flexibility index (Phi) is 3.57. The zero-order valence-corrected chi connectivity index (χ0v) is 14.6. The van der Waals surface area contributed by atoms with Crippen LogP contribution in [0, 0.1) is 10.5 Å². The van der Waals surface area contributed by atoms with Crippen LogP contribution in [-0.2, 0) is 0 Å². The van der Waals surface area contributed by atoms with E-state index in [0.717, 1.165) is 42.7 Å². The van der Waals surface area contributed by atoms with Crippen LogP contribution in [-0.4, -0.2) is 20.2 Å². The van der Waals surface area contributed by atoms with Crippen molar-refractivity contribution in [2.45, 2.75) is 6.92 Å². The summed E-state index contributed by atoms with van der Waals surface area (Å²) in [5, 5.41) is 8.42. The van der Waals surface area contributed by atoms with E-state index < -0.39 is 0 Å². The number of aromatic amines is 1. The van der Waals surface area contributed by atoms with Gasteiger partial charge < -0.3 is 0 Å². The molecule has 0 saturated carbocycles. The molecule has 4 rings (SSSR count). The van der Waals surface area contributed by atoms with Crippen LogP contribution < -0.4 is 0 Å². The number of aromatic nitrogens is 4. The second-order valence-corrected chi connectivity index (χ2v) is 6.63. The zero-order valence-electron chi connectivity index (χ0n) is 12.4. The van der Waals surface area contributed by atoms with E-state index in [9.17, 15) is 0 Å². The quantitative estimate of drug-likeness (QED) is 0.490. The van der Waals surface area contributed by atoms with E-state index in [2.05, 4.69) is 61.0 Å². The SMILES string of the molecule is Cc1cccc(-c2[nH]ncc2-c2ccc3ncc(I)cc3c2)n1. The van der Waals surface area contributed by atoms with E-state index in [1.807, 2.05) is 43.6 Å². The maximum atomic E-state index is 4.59. The summed E-state index contributed by atoms with van der Waals surface area (Å²) in [6, 6.07) is 14.4. The molecule has 0 spiro atoms. The standard InChI is InChI=1S/C18H13IN4/c1-11-3-2-4-17(22-11)18-15(10-21-23-18)12-5-6-16-13(7-12)8-14(19)9-20-16/h2-10H,1H3,(H,21,23). The summed E-state index contributed by atoms with van der Waals surface area (Å²) in [7, 11) is 0. The smallest absolute Gasteiger partial charge is 0.0912 e. The summed E-state index contributed by atoms with van der Waals surface area (Å²) in [6.45, 7) is 1.99. The van der Waals surface area contributed by atoms with E-state index in [1.165, 1.54) is 0 Å². The number of nitrogens with one attached hydrogen (secondary N) is 1. The molecule has 1 aromatic carbocycles. The molecule has 0 atom stereocenters. The van der Waals surface area contributed by atoms with Gasteiger partial charge in [-0.2, -0.15) is 5.10 Å². The van der Waals surface area contributed by atoms with E-state index >= 15 is 0 Å². The van der Waals surface area contributed by atoms with Crippen LogP contribution in [0.3, 0.4) is 0 Å². The molecule has 0 aliphatic carbocycles. The van der Waals surface area contributed by atoms with E-state index in [-0.39, 0.29) is 0 Å². The van der Waals surface area contributed by atoms with Crippen molar-refractivity contribution in [3.05, 3.63) is 64.1 Å². The lowest BCUT2D eigenvalue weighted by molar-refractivity contribution is 1.08. The Hall–Kier alpha value is -2.28. The molecule has 1 N–H and O–H groups in total. The van der Waals surface area contributed by atoms with Gasteiger partial charge in [0.2, 0.25) is 0 Å². The van der Waals surface area contributed by atoms with Crippen LogP contribution in [0.25, 0.3) is 33.4 Å². The van der Waals surface area contributed by atoms with Gasteiger partial charge in [-0.25, -0.2) is 0 Å². The van der Waals surface area contributed by atoms with Crippen molar-refractivity contribution in [3.63, 3.8) is 0 Å². The lowest BCUT2D eigenvalue weighted by atomic mass is 10.0. The van der Waals surface area contributed by atoms with Gasteiger partial charge in [-0.05, 0) is 65.4 Å².